The summed E-state index contributed by atoms with van der Waals surface area (Å²) in [6.07, 6.45) is 8.87. The van der Waals surface area contributed by atoms with E-state index >= 15 is 0 Å². The molecule has 0 spiro atoms. The number of hydrogen-bond donors (Lipinski definition) is 2. The van der Waals surface area contributed by atoms with Gasteiger partial charge in [-0.3, -0.25) is 4.79 Å². The topological polar surface area (TPSA) is 71.2 Å². The number of carbonyl (C=O) groups excluding carboxylic acids is 2. The monoisotopic (exact) mass is 326 g/mol. The molecule has 0 aliphatic carbocycles. The van der Waals surface area contributed by atoms with Gasteiger partial charge in [0.25, 0.3) is 5.24 Å². The number of anilines is 1. The summed E-state index contributed by atoms with van der Waals surface area (Å²) in [5.41, 5.74) is 1.55. The molecule has 1 heterocycles. The number of hydrogen-bond acceptors (Lipinski definition) is 4. The molecule has 0 fully saturated rings. The van der Waals surface area contributed by atoms with Gasteiger partial charge in [-0.15, -0.1) is 0 Å². The van der Waals surface area contributed by atoms with Crippen molar-refractivity contribution in [1.29, 1.82) is 0 Å². The zero-order valence-corrected chi connectivity index (χ0v) is 14.5. The van der Waals surface area contributed by atoms with Crippen molar-refractivity contribution in [3.8, 4) is 0 Å². The molecule has 0 atom stereocenters. The van der Waals surface area contributed by atoms with Gasteiger partial charge in [-0.05, 0) is 13.3 Å². The van der Waals surface area contributed by atoms with Gasteiger partial charge in [-0.1, -0.05) is 50.8 Å². The quantitative estimate of drug-likeness (QED) is 0.508. The Morgan fingerprint density at radius 3 is 2.59 bits per heavy atom. The van der Waals surface area contributed by atoms with E-state index in [0.717, 1.165) is 18.6 Å². The summed E-state index contributed by atoms with van der Waals surface area (Å²) < 4.78 is 4.73. The van der Waals surface area contributed by atoms with E-state index in [1.54, 1.807) is 13.1 Å². The van der Waals surface area contributed by atoms with Gasteiger partial charge >= 0.3 is 5.97 Å². The third-order valence-electron chi connectivity index (χ3n) is 3.43. The minimum Gasteiger partial charge on any atom is -0.465 e. The zero-order chi connectivity index (χ0) is 16.4. The van der Waals surface area contributed by atoms with Crippen LogP contribution in [0.1, 0.15) is 61.5 Å². The average Bonchev–Trinajstić information content (AvgIpc) is 2.86. The maximum Gasteiger partial charge on any atom is 0.341 e. The molecule has 0 saturated heterocycles. The van der Waals surface area contributed by atoms with Gasteiger partial charge in [0.05, 0.1) is 12.8 Å². The minimum atomic E-state index is -0.449. The molecule has 0 aliphatic rings. The molecule has 1 aromatic rings. The van der Waals surface area contributed by atoms with Gasteiger partial charge in [0.2, 0.25) is 0 Å². The van der Waals surface area contributed by atoms with E-state index < -0.39 is 5.97 Å². The number of unbranched alkanes of at least 4 members (excludes halogenated alkanes) is 5. The Labute approximate surface area is 136 Å². The van der Waals surface area contributed by atoms with Crippen LogP contribution in [0.5, 0.6) is 0 Å². The summed E-state index contributed by atoms with van der Waals surface area (Å²) in [5, 5.41) is 2.61. The third-order valence-corrected chi connectivity index (χ3v) is 4.29. The van der Waals surface area contributed by atoms with Gasteiger partial charge in [-0.25, -0.2) is 4.79 Å². The SMILES string of the molecule is CCCCCCCCSC(=O)Nc1c[nH]c(C)c1C(=O)OC. The average molecular weight is 326 g/mol. The molecule has 0 aromatic carbocycles. The second-order valence-corrected chi connectivity index (χ2v) is 6.29. The van der Waals surface area contributed by atoms with E-state index in [4.69, 9.17) is 4.74 Å². The van der Waals surface area contributed by atoms with Crippen LogP contribution in [0.25, 0.3) is 0 Å². The summed E-state index contributed by atoms with van der Waals surface area (Å²) in [7, 11) is 1.33. The van der Waals surface area contributed by atoms with Crippen LogP contribution in [0.2, 0.25) is 0 Å². The van der Waals surface area contributed by atoms with Crippen molar-refractivity contribution in [3.05, 3.63) is 17.5 Å². The number of nitrogens with one attached hydrogen (secondary N) is 2. The Morgan fingerprint density at radius 1 is 1.23 bits per heavy atom. The van der Waals surface area contributed by atoms with Crippen LogP contribution in [0, 0.1) is 6.92 Å². The van der Waals surface area contributed by atoms with E-state index in [-0.39, 0.29) is 5.24 Å². The van der Waals surface area contributed by atoms with Crippen molar-refractivity contribution in [3.63, 3.8) is 0 Å². The lowest BCUT2D eigenvalue weighted by atomic mass is 10.1. The highest BCUT2D eigenvalue weighted by Crippen LogP contribution is 2.22. The number of thioether (sulfide) groups is 1. The molecule has 1 amide bonds. The van der Waals surface area contributed by atoms with Gasteiger partial charge < -0.3 is 15.0 Å². The molecule has 5 nitrogen and oxygen atoms in total. The lowest BCUT2D eigenvalue weighted by Crippen LogP contribution is -2.10. The van der Waals surface area contributed by atoms with E-state index in [2.05, 4.69) is 17.2 Å². The number of ether oxygens (including phenoxy) is 1. The summed E-state index contributed by atoms with van der Waals surface area (Å²) in [5.74, 6) is 0.351. The number of esters is 1. The molecule has 2 N–H and O–H groups in total. The normalized spacial score (nSPS) is 10.5. The maximum atomic E-state index is 11.9. The second kappa shape index (κ2) is 10.3. The lowest BCUT2D eigenvalue weighted by Gasteiger charge is -2.06. The summed E-state index contributed by atoms with van der Waals surface area (Å²) in [6.45, 7) is 3.97. The fourth-order valence-electron chi connectivity index (χ4n) is 2.18. The number of methoxy groups -OCH3 is 1. The van der Waals surface area contributed by atoms with Gasteiger partial charge in [0.1, 0.15) is 5.56 Å². The van der Waals surface area contributed by atoms with Crippen LogP contribution in [-0.4, -0.2) is 29.1 Å². The van der Waals surface area contributed by atoms with Crippen molar-refractivity contribution in [1.82, 2.24) is 4.98 Å². The largest absolute Gasteiger partial charge is 0.465 e. The van der Waals surface area contributed by atoms with Crippen LogP contribution >= 0.6 is 11.8 Å². The maximum absolute atomic E-state index is 11.9. The van der Waals surface area contributed by atoms with Crippen LogP contribution in [0.3, 0.4) is 0 Å². The number of aryl methyl sites for hydroxylation is 1. The summed E-state index contributed by atoms with van der Waals surface area (Å²) in [6, 6.07) is 0. The van der Waals surface area contributed by atoms with Crippen molar-refractivity contribution < 1.29 is 14.3 Å². The molecule has 0 saturated carbocycles. The first kappa shape index (κ1) is 18.6. The van der Waals surface area contributed by atoms with Gasteiger partial charge in [0.15, 0.2) is 0 Å². The Balaban J connectivity index is 2.32. The number of aromatic nitrogens is 1. The Bertz CT molecular complexity index is 486. The van der Waals surface area contributed by atoms with Crippen molar-refractivity contribution in [2.75, 3.05) is 18.2 Å². The molecule has 22 heavy (non-hydrogen) atoms. The van der Waals surface area contributed by atoms with Crippen molar-refractivity contribution in [2.24, 2.45) is 0 Å². The first-order chi connectivity index (χ1) is 10.6. The Morgan fingerprint density at radius 2 is 1.91 bits per heavy atom. The number of rotatable bonds is 9. The number of aromatic amines is 1. The lowest BCUT2D eigenvalue weighted by molar-refractivity contribution is 0.0601. The number of H-pyrrole nitrogens is 1. The molecular weight excluding hydrogens is 300 g/mol. The number of amides is 1. The summed E-state index contributed by atoms with van der Waals surface area (Å²) >= 11 is 1.26. The van der Waals surface area contributed by atoms with E-state index in [0.29, 0.717) is 16.9 Å². The standard InChI is InChI=1S/C16H26N2O3S/c1-4-5-6-7-8-9-10-22-16(20)18-13-11-17-12(2)14(13)15(19)21-3/h11,17H,4-10H2,1-3H3,(H,18,20). The number of carbonyl (C=O) groups is 2. The molecule has 0 bridgehead atoms. The molecular formula is C16H26N2O3S. The molecule has 1 aromatic heterocycles. The van der Waals surface area contributed by atoms with Crippen molar-refractivity contribution in [2.45, 2.75) is 52.4 Å². The van der Waals surface area contributed by atoms with Gasteiger partial charge in [0, 0.05) is 17.6 Å². The van der Waals surface area contributed by atoms with Crippen LogP contribution in [0.15, 0.2) is 6.20 Å². The predicted molar refractivity (Wildman–Crippen MR) is 91.7 cm³/mol. The first-order valence-corrected chi connectivity index (χ1v) is 8.78. The molecule has 0 aliphatic heterocycles. The highest BCUT2D eigenvalue weighted by molar-refractivity contribution is 8.13. The van der Waals surface area contributed by atoms with Crippen molar-refractivity contribution >= 4 is 28.7 Å². The molecule has 6 heteroatoms. The first-order valence-electron chi connectivity index (χ1n) is 7.80. The molecule has 0 unspecified atom stereocenters. The van der Waals surface area contributed by atoms with Crippen LogP contribution in [-0.2, 0) is 4.74 Å². The third kappa shape index (κ3) is 6.13. The highest BCUT2D eigenvalue weighted by atomic mass is 32.2. The molecule has 0 radical (unpaired) electrons. The fraction of sp³-hybridized carbons (Fsp3) is 0.625. The Kier molecular flexibility index (Phi) is 8.74. The minimum absolute atomic E-state index is 0.141. The van der Waals surface area contributed by atoms with Crippen LogP contribution < -0.4 is 5.32 Å². The Hall–Kier alpha value is -1.43. The predicted octanol–water partition coefficient (Wildman–Crippen LogP) is 4.74. The smallest absolute Gasteiger partial charge is 0.341 e. The summed E-state index contributed by atoms with van der Waals surface area (Å²) in [4.78, 5) is 26.5. The van der Waals surface area contributed by atoms with E-state index in [1.165, 1.54) is 44.6 Å². The second-order valence-electron chi connectivity index (χ2n) is 5.22. The highest BCUT2D eigenvalue weighted by Gasteiger charge is 2.18. The fourth-order valence-corrected chi connectivity index (χ4v) is 2.90. The zero-order valence-electron chi connectivity index (χ0n) is 13.7. The molecule has 124 valence electrons. The molecule has 1 rings (SSSR count). The van der Waals surface area contributed by atoms with E-state index in [9.17, 15) is 9.59 Å². The van der Waals surface area contributed by atoms with E-state index in [1.807, 2.05) is 0 Å². The van der Waals surface area contributed by atoms with Crippen LogP contribution in [0.4, 0.5) is 10.5 Å². The van der Waals surface area contributed by atoms with Gasteiger partial charge in [-0.2, -0.15) is 0 Å².